The zero-order chi connectivity index (χ0) is 13.7. The molecule has 0 fully saturated rings. The van der Waals surface area contributed by atoms with Crippen molar-refractivity contribution in [2.75, 3.05) is 30.0 Å². The molecule has 1 rings (SSSR count). The molecule has 0 aliphatic carbocycles. The second-order valence-electron chi connectivity index (χ2n) is 5.33. The van der Waals surface area contributed by atoms with Gasteiger partial charge in [0.15, 0.2) is 5.16 Å². The van der Waals surface area contributed by atoms with Gasteiger partial charge < -0.3 is 10.6 Å². The van der Waals surface area contributed by atoms with Crippen LogP contribution >= 0.6 is 11.8 Å². The molecule has 102 valence electrons. The Hall–Kier alpha value is -0.970. The lowest BCUT2D eigenvalue weighted by molar-refractivity contribution is 0.547. The summed E-state index contributed by atoms with van der Waals surface area (Å²) in [7, 11) is 0. The molecular weight excluding hydrogens is 244 g/mol. The van der Waals surface area contributed by atoms with Crippen molar-refractivity contribution in [2.24, 2.45) is 11.8 Å². The van der Waals surface area contributed by atoms with E-state index in [1.54, 1.807) is 0 Å². The van der Waals surface area contributed by atoms with E-state index in [1.807, 2.05) is 12.3 Å². The fraction of sp³-hybridized carbons (Fsp3) is 0.692. The predicted molar refractivity (Wildman–Crippen MR) is 80.1 cm³/mol. The van der Waals surface area contributed by atoms with Gasteiger partial charge in [-0.2, -0.15) is 0 Å². The van der Waals surface area contributed by atoms with Crippen LogP contribution in [0, 0.1) is 11.8 Å². The van der Waals surface area contributed by atoms with Crippen molar-refractivity contribution in [1.82, 2.24) is 9.97 Å². The number of nitrogens with two attached hydrogens (primary N) is 1. The summed E-state index contributed by atoms with van der Waals surface area (Å²) in [5.74, 6) is 2.67. The van der Waals surface area contributed by atoms with Crippen molar-refractivity contribution >= 4 is 23.4 Å². The summed E-state index contributed by atoms with van der Waals surface area (Å²) in [4.78, 5) is 11.1. The Balaban J connectivity index is 2.99. The average molecular weight is 268 g/mol. The second kappa shape index (κ2) is 6.83. The van der Waals surface area contributed by atoms with Crippen LogP contribution in [0.15, 0.2) is 11.2 Å². The summed E-state index contributed by atoms with van der Waals surface area (Å²) >= 11 is 1.52. The fourth-order valence-electron chi connectivity index (χ4n) is 1.83. The molecule has 4 nitrogen and oxygen atoms in total. The Morgan fingerprint density at radius 3 is 2.17 bits per heavy atom. The van der Waals surface area contributed by atoms with E-state index in [0.717, 1.165) is 24.1 Å². The van der Waals surface area contributed by atoms with Gasteiger partial charge in [0.1, 0.15) is 11.6 Å². The van der Waals surface area contributed by atoms with E-state index >= 15 is 0 Å². The van der Waals surface area contributed by atoms with Gasteiger partial charge in [0.25, 0.3) is 0 Å². The Bertz CT molecular complexity index is 369. The maximum Gasteiger partial charge on any atom is 0.191 e. The third-order valence-corrected chi connectivity index (χ3v) is 2.94. The Morgan fingerprint density at radius 2 is 1.72 bits per heavy atom. The molecule has 0 atom stereocenters. The van der Waals surface area contributed by atoms with Crippen LogP contribution in [0.1, 0.15) is 27.7 Å². The number of anilines is 2. The molecule has 1 aromatic rings. The topological polar surface area (TPSA) is 55.0 Å². The molecule has 5 heteroatoms. The van der Waals surface area contributed by atoms with Crippen molar-refractivity contribution in [1.29, 1.82) is 0 Å². The molecule has 0 bridgehead atoms. The molecular formula is C13H24N4S. The van der Waals surface area contributed by atoms with Crippen LogP contribution < -0.4 is 10.6 Å². The Kier molecular flexibility index (Phi) is 5.72. The molecule has 0 unspecified atom stereocenters. The molecule has 1 aromatic heterocycles. The van der Waals surface area contributed by atoms with Crippen LogP contribution in [0.4, 0.5) is 11.6 Å². The maximum absolute atomic E-state index is 5.84. The first kappa shape index (κ1) is 15.1. The van der Waals surface area contributed by atoms with Crippen LogP contribution in [0.25, 0.3) is 0 Å². The summed E-state index contributed by atoms with van der Waals surface area (Å²) in [6, 6.07) is 1.87. The van der Waals surface area contributed by atoms with Crippen LogP contribution in [0.3, 0.4) is 0 Å². The highest BCUT2D eigenvalue weighted by Gasteiger charge is 2.13. The zero-order valence-electron chi connectivity index (χ0n) is 12.0. The van der Waals surface area contributed by atoms with Crippen molar-refractivity contribution in [2.45, 2.75) is 32.9 Å². The predicted octanol–water partition coefficient (Wildman–Crippen LogP) is 2.90. The summed E-state index contributed by atoms with van der Waals surface area (Å²) in [5, 5.41) is 0.738. The number of hydrogen-bond acceptors (Lipinski definition) is 5. The molecule has 0 spiro atoms. The number of aromatic nitrogens is 2. The third kappa shape index (κ3) is 4.72. The van der Waals surface area contributed by atoms with Gasteiger partial charge in [-0.15, -0.1) is 0 Å². The number of thioether (sulfide) groups is 1. The minimum atomic E-state index is 0.543. The highest BCUT2D eigenvalue weighted by atomic mass is 32.2. The molecule has 0 saturated carbocycles. The van der Waals surface area contributed by atoms with Crippen LogP contribution in [0.2, 0.25) is 0 Å². The summed E-state index contributed by atoms with van der Waals surface area (Å²) in [6.07, 6.45) is 1.97. The number of rotatable bonds is 6. The van der Waals surface area contributed by atoms with Crippen molar-refractivity contribution in [3.63, 3.8) is 0 Å². The molecule has 1 heterocycles. The monoisotopic (exact) mass is 268 g/mol. The van der Waals surface area contributed by atoms with Gasteiger partial charge >= 0.3 is 0 Å². The lowest BCUT2D eigenvalue weighted by Crippen LogP contribution is -2.32. The quantitative estimate of drug-likeness (QED) is 0.635. The lowest BCUT2D eigenvalue weighted by atomic mass is 10.1. The molecule has 0 amide bonds. The minimum absolute atomic E-state index is 0.543. The summed E-state index contributed by atoms with van der Waals surface area (Å²) < 4.78 is 0. The zero-order valence-corrected chi connectivity index (χ0v) is 12.8. The number of hydrogen-bond donors (Lipinski definition) is 1. The summed E-state index contributed by atoms with van der Waals surface area (Å²) in [6.45, 7) is 10.8. The molecule has 2 N–H and O–H groups in total. The number of nitrogen functional groups attached to an aromatic ring is 1. The van der Waals surface area contributed by atoms with Crippen LogP contribution in [-0.4, -0.2) is 29.3 Å². The van der Waals surface area contributed by atoms with E-state index < -0.39 is 0 Å². The second-order valence-corrected chi connectivity index (χ2v) is 6.10. The largest absolute Gasteiger partial charge is 0.383 e. The Morgan fingerprint density at radius 1 is 1.17 bits per heavy atom. The van der Waals surface area contributed by atoms with Crippen molar-refractivity contribution in [3.05, 3.63) is 6.07 Å². The fourth-order valence-corrected chi connectivity index (χ4v) is 2.21. The molecule has 0 aliphatic heterocycles. The third-order valence-electron chi connectivity index (χ3n) is 2.39. The average Bonchev–Trinajstić information content (AvgIpc) is 2.26. The maximum atomic E-state index is 5.84. The van der Waals surface area contributed by atoms with Gasteiger partial charge in [-0.3, -0.25) is 0 Å². The highest BCUT2D eigenvalue weighted by molar-refractivity contribution is 7.98. The van der Waals surface area contributed by atoms with Gasteiger partial charge in [-0.05, 0) is 18.1 Å². The van der Waals surface area contributed by atoms with E-state index in [0.29, 0.717) is 17.7 Å². The van der Waals surface area contributed by atoms with E-state index in [2.05, 4.69) is 42.6 Å². The normalized spacial score (nSPS) is 11.3. The van der Waals surface area contributed by atoms with Crippen molar-refractivity contribution < 1.29 is 0 Å². The molecule has 0 aliphatic rings. The van der Waals surface area contributed by atoms with Gasteiger partial charge in [-0.1, -0.05) is 39.5 Å². The smallest absolute Gasteiger partial charge is 0.191 e. The van der Waals surface area contributed by atoms with Gasteiger partial charge in [0.05, 0.1) is 0 Å². The number of nitrogens with zero attached hydrogens (tertiary/aromatic N) is 3. The van der Waals surface area contributed by atoms with Gasteiger partial charge in [-0.25, -0.2) is 9.97 Å². The Labute approximate surface area is 114 Å². The standard InChI is InChI=1S/C13H24N4S/c1-9(2)7-17(8-10(3)4)12-6-11(14)15-13(16-12)18-5/h6,9-10H,7-8H2,1-5H3,(H2,14,15,16). The molecule has 18 heavy (non-hydrogen) atoms. The molecule has 0 saturated heterocycles. The van der Waals surface area contributed by atoms with Crippen LogP contribution in [0.5, 0.6) is 0 Å². The van der Waals surface area contributed by atoms with Crippen LogP contribution in [-0.2, 0) is 0 Å². The van der Waals surface area contributed by atoms with Gasteiger partial charge in [0.2, 0.25) is 0 Å². The van der Waals surface area contributed by atoms with Gasteiger partial charge in [0, 0.05) is 19.2 Å². The lowest BCUT2D eigenvalue weighted by Gasteiger charge is -2.27. The molecule has 0 aromatic carbocycles. The first-order valence-corrected chi connectivity index (χ1v) is 7.58. The van der Waals surface area contributed by atoms with E-state index in [4.69, 9.17) is 5.73 Å². The van der Waals surface area contributed by atoms with E-state index in [9.17, 15) is 0 Å². The minimum Gasteiger partial charge on any atom is -0.383 e. The first-order valence-electron chi connectivity index (χ1n) is 6.35. The molecule has 0 radical (unpaired) electrons. The highest BCUT2D eigenvalue weighted by Crippen LogP contribution is 2.20. The van der Waals surface area contributed by atoms with E-state index in [1.165, 1.54) is 11.8 Å². The summed E-state index contributed by atoms with van der Waals surface area (Å²) in [5.41, 5.74) is 5.84. The van der Waals surface area contributed by atoms with Crippen molar-refractivity contribution in [3.8, 4) is 0 Å². The first-order chi connectivity index (χ1) is 8.42. The van der Waals surface area contributed by atoms with E-state index in [-0.39, 0.29) is 0 Å². The SMILES string of the molecule is CSc1nc(N)cc(N(CC(C)C)CC(C)C)n1.